The van der Waals surface area contributed by atoms with Crippen LogP contribution in [-0.2, 0) is 9.59 Å². The molecule has 0 rings (SSSR count). The molecule has 2 heteroatoms. The second kappa shape index (κ2) is 6.81. The highest BCUT2D eigenvalue weighted by atomic mass is 16.1. The van der Waals surface area contributed by atoms with Crippen LogP contribution >= 0.6 is 0 Å². The lowest BCUT2D eigenvalue weighted by molar-refractivity contribution is -0.125. The van der Waals surface area contributed by atoms with Gasteiger partial charge >= 0.3 is 0 Å². The summed E-state index contributed by atoms with van der Waals surface area (Å²) in [5, 5.41) is 0. The summed E-state index contributed by atoms with van der Waals surface area (Å²) in [6.45, 7) is 5.54. The molecule has 2 atom stereocenters. The highest BCUT2D eigenvalue weighted by Crippen LogP contribution is 2.18. The van der Waals surface area contributed by atoms with Gasteiger partial charge in [0.2, 0.25) is 0 Å². The number of rotatable bonds is 7. The average Bonchev–Trinajstić information content (AvgIpc) is 2.11. The minimum atomic E-state index is -0.116. The molecule has 0 aliphatic carbocycles. The lowest BCUT2D eigenvalue weighted by atomic mass is 9.87. The van der Waals surface area contributed by atoms with Gasteiger partial charge in [-0.3, -0.25) is 4.79 Å². The van der Waals surface area contributed by atoms with Crippen molar-refractivity contribution in [1.82, 2.24) is 0 Å². The van der Waals surface area contributed by atoms with Crippen LogP contribution in [0.15, 0.2) is 0 Å². The Hall–Kier alpha value is -0.660. The zero-order chi connectivity index (χ0) is 10.3. The summed E-state index contributed by atoms with van der Waals surface area (Å²) in [4.78, 5) is 21.7. The summed E-state index contributed by atoms with van der Waals surface area (Å²) >= 11 is 0. The maximum Gasteiger partial charge on any atom is 0.133 e. The minimum Gasteiger partial charge on any atom is -0.303 e. The molecule has 0 bridgehead atoms. The van der Waals surface area contributed by atoms with Crippen LogP contribution in [0.1, 0.15) is 46.5 Å². The Balaban J connectivity index is 3.95. The van der Waals surface area contributed by atoms with Crippen molar-refractivity contribution in [3.8, 4) is 0 Å². The van der Waals surface area contributed by atoms with Gasteiger partial charge in [-0.1, -0.05) is 33.1 Å². The zero-order valence-electron chi connectivity index (χ0n) is 8.88. The normalized spacial score (nSPS) is 15.0. The number of aldehydes is 1. The lowest BCUT2D eigenvalue weighted by Gasteiger charge is -2.15. The average molecular weight is 184 g/mol. The van der Waals surface area contributed by atoms with Crippen LogP contribution in [0, 0.1) is 11.8 Å². The van der Waals surface area contributed by atoms with Crippen LogP contribution in [0.4, 0.5) is 0 Å². The van der Waals surface area contributed by atoms with Gasteiger partial charge in [0.1, 0.15) is 12.1 Å². The molecule has 0 aromatic heterocycles. The van der Waals surface area contributed by atoms with E-state index in [0.717, 1.165) is 32.0 Å². The first-order valence-corrected chi connectivity index (χ1v) is 5.09. The van der Waals surface area contributed by atoms with E-state index < -0.39 is 0 Å². The van der Waals surface area contributed by atoms with Gasteiger partial charge in [0.25, 0.3) is 0 Å². The van der Waals surface area contributed by atoms with Crippen LogP contribution in [-0.4, -0.2) is 12.1 Å². The van der Waals surface area contributed by atoms with Crippen molar-refractivity contribution in [2.75, 3.05) is 0 Å². The number of ketones is 1. The maximum atomic E-state index is 11.2. The SMILES string of the molecule is CCCCCC(C(C)=O)C(C)C=O. The summed E-state index contributed by atoms with van der Waals surface area (Å²) in [6.07, 6.45) is 5.11. The van der Waals surface area contributed by atoms with Gasteiger partial charge < -0.3 is 4.79 Å². The summed E-state index contributed by atoms with van der Waals surface area (Å²) in [5.74, 6) is -0.0193. The Morgan fingerprint density at radius 3 is 2.38 bits per heavy atom. The molecule has 0 aliphatic rings. The first-order chi connectivity index (χ1) is 6.13. The zero-order valence-corrected chi connectivity index (χ0v) is 8.88. The standard InChI is InChI=1S/C11H20O2/c1-4-5-6-7-11(10(3)13)9(2)8-12/h8-9,11H,4-7H2,1-3H3. The molecule has 0 heterocycles. The fourth-order valence-corrected chi connectivity index (χ4v) is 1.55. The number of hydrogen-bond donors (Lipinski definition) is 0. The van der Waals surface area contributed by atoms with Crippen molar-refractivity contribution in [3.05, 3.63) is 0 Å². The summed E-state index contributed by atoms with van der Waals surface area (Å²) in [6, 6.07) is 0. The molecule has 0 fully saturated rings. The molecule has 13 heavy (non-hydrogen) atoms. The summed E-state index contributed by atoms with van der Waals surface area (Å²) in [7, 11) is 0. The van der Waals surface area contributed by atoms with Crippen molar-refractivity contribution in [2.45, 2.75) is 46.5 Å². The number of carbonyl (C=O) groups is 2. The Labute approximate surface area is 80.7 Å². The molecular weight excluding hydrogens is 164 g/mol. The lowest BCUT2D eigenvalue weighted by Crippen LogP contribution is -2.20. The summed E-state index contributed by atoms with van der Waals surface area (Å²) < 4.78 is 0. The molecule has 0 aromatic carbocycles. The smallest absolute Gasteiger partial charge is 0.133 e. The Morgan fingerprint density at radius 1 is 1.38 bits per heavy atom. The third-order valence-corrected chi connectivity index (χ3v) is 2.49. The van der Waals surface area contributed by atoms with Gasteiger partial charge in [0, 0.05) is 11.8 Å². The molecule has 0 amide bonds. The number of Topliss-reactive ketones (excluding diaryl/α,β-unsaturated/α-hetero) is 1. The highest BCUT2D eigenvalue weighted by Gasteiger charge is 2.20. The second-order valence-electron chi connectivity index (χ2n) is 3.71. The van der Waals surface area contributed by atoms with Crippen molar-refractivity contribution < 1.29 is 9.59 Å². The molecule has 76 valence electrons. The van der Waals surface area contributed by atoms with E-state index in [1.54, 1.807) is 6.92 Å². The number of unbranched alkanes of at least 4 members (excludes halogenated alkanes) is 2. The van der Waals surface area contributed by atoms with Crippen molar-refractivity contribution >= 4 is 12.1 Å². The Kier molecular flexibility index (Phi) is 6.47. The molecule has 0 saturated carbocycles. The van der Waals surface area contributed by atoms with Gasteiger partial charge in [0.05, 0.1) is 0 Å². The molecule has 2 unspecified atom stereocenters. The molecule has 2 nitrogen and oxygen atoms in total. The molecule has 0 aliphatic heterocycles. The number of carbonyl (C=O) groups excluding carboxylic acids is 2. The monoisotopic (exact) mass is 184 g/mol. The second-order valence-corrected chi connectivity index (χ2v) is 3.71. The molecule has 0 aromatic rings. The van der Waals surface area contributed by atoms with E-state index in [2.05, 4.69) is 6.92 Å². The third-order valence-electron chi connectivity index (χ3n) is 2.49. The summed E-state index contributed by atoms with van der Waals surface area (Å²) in [5.41, 5.74) is 0. The maximum absolute atomic E-state index is 11.2. The Morgan fingerprint density at radius 2 is 2.00 bits per heavy atom. The van der Waals surface area contributed by atoms with Gasteiger partial charge in [-0.05, 0) is 13.3 Å². The minimum absolute atomic E-state index is 0.0518. The molecule has 0 N–H and O–H groups in total. The largest absolute Gasteiger partial charge is 0.303 e. The Bertz CT molecular complexity index is 163. The van der Waals surface area contributed by atoms with Gasteiger partial charge in [-0.15, -0.1) is 0 Å². The van der Waals surface area contributed by atoms with Gasteiger partial charge in [-0.25, -0.2) is 0 Å². The molecule has 0 saturated heterocycles. The molecule has 0 spiro atoms. The molecule has 0 radical (unpaired) electrons. The number of hydrogen-bond acceptors (Lipinski definition) is 2. The van der Waals surface area contributed by atoms with Crippen LogP contribution in [0.2, 0.25) is 0 Å². The van der Waals surface area contributed by atoms with Crippen LogP contribution in [0.5, 0.6) is 0 Å². The van der Waals surface area contributed by atoms with E-state index in [1.165, 1.54) is 0 Å². The quantitative estimate of drug-likeness (QED) is 0.450. The van der Waals surface area contributed by atoms with Gasteiger partial charge in [-0.2, -0.15) is 0 Å². The van der Waals surface area contributed by atoms with E-state index in [1.807, 2.05) is 6.92 Å². The predicted molar refractivity (Wildman–Crippen MR) is 53.5 cm³/mol. The van der Waals surface area contributed by atoms with Gasteiger partial charge in [0.15, 0.2) is 0 Å². The van der Waals surface area contributed by atoms with E-state index in [0.29, 0.717) is 0 Å². The first kappa shape index (κ1) is 12.3. The van der Waals surface area contributed by atoms with E-state index >= 15 is 0 Å². The third kappa shape index (κ3) is 4.81. The van der Waals surface area contributed by atoms with Crippen molar-refractivity contribution in [1.29, 1.82) is 0 Å². The van der Waals surface area contributed by atoms with Crippen molar-refractivity contribution in [2.24, 2.45) is 11.8 Å². The van der Waals surface area contributed by atoms with E-state index in [9.17, 15) is 9.59 Å². The van der Waals surface area contributed by atoms with E-state index in [4.69, 9.17) is 0 Å². The van der Waals surface area contributed by atoms with Crippen LogP contribution < -0.4 is 0 Å². The topological polar surface area (TPSA) is 34.1 Å². The predicted octanol–water partition coefficient (Wildman–Crippen LogP) is 2.61. The van der Waals surface area contributed by atoms with Crippen LogP contribution in [0.3, 0.4) is 0 Å². The van der Waals surface area contributed by atoms with Crippen LogP contribution in [0.25, 0.3) is 0 Å². The van der Waals surface area contributed by atoms with E-state index in [-0.39, 0.29) is 17.6 Å². The first-order valence-electron chi connectivity index (χ1n) is 5.09. The molecular formula is C11H20O2. The fourth-order valence-electron chi connectivity index (χ4n) is 1.55. The fraction of sp³-hybridized carbons (Fsp3) is 0.818. The van der Waals surface area contributed by atoms with Crippen molar-refractivity contribution in [3.63, 3.8) is 0 Å². The highest BCUT2D eigenvalue weighted by molar-refractivity contribution is 5.81.